The number of hydrogen-bond acceptors (Lipinski definition) is 7. The third-order valence-corrected chi connectivity index (χ3v) is 5.68. The second-order valence-electron chi connectivity index (χ2n) is 7.25. The van der Waals surface area contributed by atoms with Crippen LogP contribution in [0.3, 0.4) is 0 Å². The zero-order valence-corrected chi connectivity index (χ0v) is 15.3. The van der Waals surface area contributed by atoms with Crippen LogP contribution in [0.4, 0.5) is 10.2 Å². The lowest BCUT2D eigenvalue weighted by Crippen LogP contribution is -2.51. The molecular weight excluding hydrogens is 361 g/mol. The highest BCUT2D eigenvalue weighted by molar-refractivity contribution is 6.15. The minimum atomic E-state index is -0.555. The Hall–Kier alpha value is -3.27. The van der Waals surface area contributed by atoms with Crippen LogP contribution >= 0.6 is 0 Å². The molecular formula is C18H18FN9. The molecule has 9 nitrogen and oxygen atoms in total. The summed E-state index contributed by atoms with van der Waals surface area (Å²) in [5, 5.41) is 12.4. The Bertz CT molecular complexity index is 1100. The number of nitrogens with zero attached hydrogens (tertiary/aromatic N) is 9. The van der Waals surface area contributed by atoms with E-state index in [4.69, 9.17) is 4.99 Å². The maximum Gasteiger partial charge on any atom is 0.295 e. The summed E-state index contributed by atoms with van der Waals surface area (Å²) in [5.74, 6) is 1.33. The normalized spacial score (nSPS) is 20.9. The molecule has 1 unspecified atom stereocenters. The molecule has 5 heterocycles. The van der Waals surface area contributed by atoms with E-state index < -0.39 is 6.08 Å². The molecule has 3 aliphatic rings. The fourth-order valence-electron chi connectivity index (χ4n) is 4.32. The van der Waals surface area contributed by atoms with Crippen LogP contribution in [0.1, 0.15) is 30.1 Å². The third kappa shape index (κ3) is 2.03. The number of aromatic nitrogens is 5. The van der Waals surface area contributed by atoms with Crippen molar-refractivity contribution < 1.29 is 4.39 Å². The van der Waals surface area contributed by atoms with Gasteiger partial charge in [-0.3, -0.25) is 9.47 Å². The highest BCUT2D eigenvalue weighted by atomic mass is 19.1. The minimum absolute atomic E-state index is 0.279. The maximum absolute atomic E-state index is 14.5. The van der Waals surface area contributed by atoms with E-state index in [9.17, 15) is 4.39 Å². The van der Waals surface area contributed by atoms with Crippen molar-refractivity contribution in [1.29, 1.82) is 0 Å². The first-order valence-electron chi connectivity index (χ1n) is 9.30. The molecule has 6 rings (SSSR count). The van der Waals surface area contributed by atoms with Crippen LogP contribution in [0.15, 0.2) is 41.7 Å². The van der Waals surface area contributed by atoms with E-state index in [1.807, 2.05) is 40.6 Å². The van der Waals surface area contributed by atoms with Gasteiger partial charge in [-0.25, -0.2) is 9.98 Å². The number of likely N-dealkylation sites (tertiary alicyclic amines) is 1. The molecule has 1 aromatic carbocycles. The van der Waals surface area contributed by atoms with E-state index in [1.165, 1.54) is 10.8 Å². The molecule has 0 bridgehead atoms. The molecule has 1 saturated heterocycles. The van der Waals surface area contributed by atoms with Gasteiger partial charge in [0.05, 0.1) is 24.1 Å². The summed E-state index contributed by atoms with van der Waals surface area (Å²) in [6.07, 6.45) is 5.13. The molecule has 0 amide bonds. The summed E-state index contributed by atoms with van der Waals surface area (Å²) in [6.45, 7) is 1.43. The number of amidine groups is 1. The Labute approximate surface area is 160 Å². The number of fused-ring (bicyclic) bond motifs is 6. The summed E-state index contributed by atoms with van der Waals surface area (Å²) in [6, 6.07) is 7.89. The van der Waals surface area contributed by atoms with Crippen molar-refractivity contribution in [3.63, 3.8) is 0 Å². The largest absolute Gasteiger partial charge is 0.298 e. The molecule has 0 saturated carbocycles. The van der Waals surface area contributed by atoms with Gasteiger partial charge < -0.3 is 0 Å². The van der Waals surface area contributed by atoms with Gasteiger partial charge in [0.2, 0.25) is 0 Å². The summed E-state index contributed by atoms with van der Waals surface area (Å²) in [5.41, 5.74) is 2.52. The number of para-hydroxylation sites is 1. The average Bonchev–Trinajstić information content (AvgIpc) is 3.46. The van der Waals surface area contributed by atoms with Gasteiger partial charge in [0.1, 0.15) is 5.69 Å². The molecule has 142 valence electrons. The lowest BCUT2D eigenvalue weighted by molar-refractivity contribution is 0.311. The van der Waals surface area contributed by atoms with Crippen molar-refractivity contribution in [2.24, 2.45) is 4.99 Å². The molecule has 3 aliphatic heterocycles. The van der Waals surface area contributed by atoms with E-state index in [-0.39, 0.29) is 6.04 Å². The molecule has 3 aromatic rings. The predicted octanol–water partition coefficient (Wildman–Crippen LogP) is 1.46. The Morgan fingerprint density at radius 1 is 1.21 bits per heavy atom. The molecule has 2 aromatic heterocycles. The Kier molecular flexibility index (Phi) is 3.16. The molecule has 0 aliphatic carbocycles. The van der Waals surface area contributed by atoms with E-state index in [0.29, 0.717) is 12.5 Å². The number of rotatable bonds is 2. The predicted molar refractivity (Wildman–Crippen MR) is 100 cm³/mol. The average molecular weight is 379 g/mol. The Morgan fingerprint density at radius 2 is 2.11 bits per heavy atom. The van der Waals surface area contributed by atoms with Crippen molar-refractivity contribution in [2.75, 3.05) is 30.4 Å². The third-order valence-electron chi connectivity index (χ3n) is 5.68. The smallest absolute Gasteiger partial charge is 0.295 e. The van der Waals surface area contributed by atoms with E-state index in [0.717, 1.165) is 42.2 Å². The summed E-state index contributed by atoms with van der Waals surface area (Å²) in [7, 11) is 2.11. The molecule has 1 fully saturated rings. The van der Waals surface area contributed by atoms with E-state index >= 15 is 0 Å². The number of benzene rings is 1. The molecule has 0 spiro atoms. The van der Waals surface area contributed by atoms with Crippen LogP contribution in [0.25, 0.3) is 5.69 Å². The standard InChI is InChI=1S/C18H18FN9/c1-24-8-4-7-15(24)13-10-25(23-22-13)26-11-21-17-12-5-2-3-6-14(12)27-16(28(17)26)9-20-18(27)19/h2-3,5-6,9-10,15H,4,7-8,11H2,1H3. The van der Waals surface area contributed by atoms with Crippen molar-refractivity contribution in [2.45, 2.75) is 18.9 Å². The van der Waals surface area contributed by atoms with Crippen LogP contribution in [0.5, 0.6) is 0 Å². The Morgan fingerprint density at radius 3 is 2.96 bits per heavy atom. The van der Waals surface area contributed by atoms with Gasteiger partial charge in [-0.15, -0.1) is 9.89 Å². The van der Waals surface area contributed by atoms with Gasteiger partial charge in [-0.2, -0.15) is 14.5 Å². The quantitative estimate of drug-likeness (QED) is 0.671. The summed E-state index contributed by atoms with van der Waals surface area (Å²) in [4.78, 5) is 12.6. The van der Waals surface area contributed by atoms with E-state index in [2.05, 4.69) is 27.2 Å². The summed E-state index contributed by atoms with van der Waals surface area (Å²) < 4.78 is 16.0. The van der Waals surface area contributed by atoms with Crippen LogP contribution in [0.2, 0.25) is 0 Å². The fraction of sp³-hybridized carbons (Fsp3) is 0.333. The molecule has 28 heavy (non-hydrogen) atoms. The maximum atomic E-state index is 14.5. The second-order valence-corrected chi connectivity index (χ2v) is 7.25. The molecule has 0 N–H and O–H groups in total. The van der Waals surface area contributed by atoms with Gasteiger partial charge >= 0.3 is 0 Å². The van der Waals surface area contributed by atoms with Crippen LogP contribution in [0, 0.1) is 6.08 Å². The number of aliphatic imine (C=N–C) groups is 1. The molecule has 10 heteroatoms. The number of anilines is 1. The van der Waals surface area contributed by atoms with Crippen molar-refractivity contribution in [1.82, 2.24) is 29.6 Å². The topological polar surface area (TPSA) is 70.6 Å². The van der Waals surface area contributed by atoms with Gasteiger partial charge in [-0.05, 0) is 43.8 Å². The highest BCUT2D eigenvalue weighted by Gasteiger charge is 2.38. The fourth-order valence-corrected chi connectivity index (χ4v) is 4.32. The second kappa shape index (κ2) is 5.61. The number of hydrazine groups is 1. The first-order chi connectivity index (χ1) is 13.7. The lowest BCUT2D eigenvalue weighted by Gasteiger charge is -2.34. The SMILES string of the molecule is CN1CCCC1c1cn(N2CN=C3c4ccccc4-n4c(cnc4F)N32)nn1. The number of imidazole rings is 1. The van der Waals surface area contributed by atoms with Gasteiger partial charge in [0.15, 0.2) is 18.3 Å². The van der Waals surface area contributed by atoms with Gasteiger partial charge in [0, 0.05) is 5.56 Å². The minimum Gasteiger partial charge on any atom is -0.298 e. The van der Waals surface area contributed by atoms with Crippen molar-refractivity contribution >= 4 is 11.7 Å². The zero-order chi connectivity index (χ0) is 18.8. The number of halogens is 1. The number of hydrogen-bond donors (Lipinski definition) is 0. The van der Waals surface area contributed by atoms with Crippen LogP contribution in [-0.4, -0.2) is 55.7 Å². The molecule has 0 radical (unpaired) electrons. The van der Waals surface area contributed by atoms with Crippen LogP contribution in [-0.2, 0) is 0 Å². The summed E-state index contributed by atoms with van der Waals surface area (Å²) >= 11 is 0. The zero-order valence-electron chi connectivity index (χ0n) is 15.3. The van der Waals surface area contributed by atoms with Crippen molar-refractivity contribution in [3.05, 3.63) is 54.0 Å². The van der Waals surface area contributed by atoms with Crippen molar-refractivity contribution in [3.8, 4) is 5.69 Å². The first-order valence-corrected chi connectivity index (χ1v) is 9.30. The van der Waals surface area contributed by atoms with Crippen LogP contribution < -0.4 is 10.1 Å². The first kappa shape index (κ1) is 15.8. The molecule has 1 atom stereocenters. The van der Waals surface area contributed by atoms with E-state index in [1.54, 1.807) is 4.79 Å². The Balaban J connectivity index is 1.42. The van der Waals surface area contributed by atoms with Gasteiger partial charge in [0.25, 0.3) is 6.08 Å². The van der Waals surface area contributed by atoms with Gasteiger partial charge in [-0.1, -0.05) is 12.1 Å². The monoisotopic (exact) mass is 379 g/mol. The lowest BCUT2D eigenvalue weighted by atomic mass is 10.1. The highest BCUT2D eigenvalue weighted by Crippen LogP contribution is 2.35.